The average molecular weight is 535 g/mol. The van der Waals surface area contributed by atoms with E-state index in [1.807, 2.05) is 0 Å². The predicted octanol–water partition coefficient (Wildman–Crippen LogP) is 4.36. The van der Waals surface area contributed by atoms with Gasteiger partial charge in [0.25, 0.3) is 21.8 Å². The van der Waals surface area contributed by atoms with E-state index in [1.165, 1.54) is 36.5 Å². The van der Waals surface area contributed by atoms with Gasteiger partial charge < -0.3 is 15.4 Å². The minimum Gasteiger partial charge on any atom is -0.497 e. The van der Waals surface area contributed by atoms with Crippen molar-refractivity contribution >= 4 is 50.1 Å². The van der Waals surface area contributed by atoms with E-state index in [0.29, 0.717) is 22.6 Å². The van der Waals surface area contributed by atoms with Gasteiger partial charge in [-0.2, -0.15) is 0 Å². The van der Waals surface area contributed by atoms with Gasteiger partial charge in [0, 0.05) is 22.8 Å². The molecule has 0 aliphatic carbocycles. The molecule has 0 saturated heterocycles. The van der Waals surface area contributed by atoms with Crippen molar-refractivity contribution in [3.63, 3.8) is 0 Å². The third kappa shape index (κ3) is 6.81. The maximum Gasteiger partial charge on any atom is 0.272 e. The van der Waals surface area contributed by atoms with Crippen molar-refractivity contribution in [2.45, 2.75) is 4.90 Å². The van der Waals surface area contributed by atoms with Crippen LogP contribution in [0.4, 0.5) is 10.8 Å². The Balaban J connectivity index is 1.54. The van der Waals surface area contributed by atoms with Crippen molar-refractivity contribution in [3.8, 4) is 5.75 Å². The molecular weight excluding hydrogens is 512 g/mol. The van der Waals surface area contributed by atoms with Crippen LogP contribution in [0, 0.1) is 0 Å². The monoisotopic (exact) mass is 534 g/mol. The first-order chi connectivity index (χ1) is 17.8. The molecule has 0 bridgehead atoms. The highest BCUT2D eigenvalue weighted by atomic mass is 32.2. The Morgan fingerprint density at radius 3 is 2.27 bits per heavy atom. The molecule has 3 aromatic carbocycles. The zero-order valence-electron chi connectivity index (χ0n) is 19.5. The second-order valence-corrected chi connectivity index (χ2v) is 10.1. The van der Waals surface area contributed by atoms with Crippen LogP contribution in [0.3, 0.4) is 0 Å². The topological polar surface area (TPSA) is 126 Å². The molecule has 188 valence electrons. The minimum absolute atomic E-state index is 0.00107. The molecule has 1 heterocycles. The number of carbonyl (C=O) groups excluding carboxylic acids is 2. The van der Waals surface area contributed by atoms with Crippen LogP contribution in [-0.4, -0.2) is 32.3 Å². The lowest BCUT2D eigenvalue weighted by Crippen LogP contribution is -2.30. The molecule has 9 nitrogen and oxygen atoms in total. The van der Waals surface area contributed by atoms with Gasteiger partial charge >= 0.3 is 0 Å². The van der Waals surface area contributed by atoms with Crippen LogP contribution in [0.15, 0.2) is 101 Å². The molecular formula is C26H22N4O5S2. The van der Waals surface area contributed by atoms with E-state index in [-0.39, 0.29) is 15.7 Å². The lowest BCUT2D eigenvalue weighted by Gasteiger charge is -2.12. The summed E-state index contributed by atoms with van der Waals surface area (Å²) >= 11 is 1.16. The van der Waals surface area contributed by atoms with Gasteiger partial charge in [-0.05, 0) is 60.2 Å². The van der Waals surface area contributed by atoms with E-state index in [9.17, 15) is 18.0 Å². The Hall–Kier alpha value is -4.48. The van der Waals surface area contributed by atoms with Crippen LogP contribution in [0.2, 0.25) is 0 Å². The van der Waals surface area contributed by atoms with Crippen LogP contribution in [0.25, 0.3) is 6.08 Å². The maximum atomic E-state index is 13.1. The number of nitrogens with one attached hydrogen (secondary N) is 3. The van der Waals surface area contributed by atoms with Crippen molar-refractivity contribution in [1.29, 1.82) is 0 Å². The van der Waals surface area contributed by atoms with Crippen LogP contribution in [-0.2, 0) is 14.8 Å². The molecule has 2 amide bonds. The van der Waals surface area contributed by atoms with Gasteiger partial charge in [0.05, 0.1) is 12.0 Å². The number of anilines is 2. The van der Waals surface area contributed by atoms with Crippen molar-refractivity contribution in [2.75, 3.05) is 17.1 Å². The van der Waals surface area contributed by atoms with Crippen molar-refractivity contribution in [1.82, 2.24) is 10.3 Å². The fourth-order valence-electron chi connectivity index (χ4n) is 3.17. The number of carbonyl (C=O) groups is 2. The molecule has 0 atom stereocenters. The lowest BCUT2D eigenvalue weighted by atomic mass is 10.1. The molecule has 1 aromatic heterocycles. The number of methoxy groups -OCH3 is 1. The second kappa shape index (κ2) is 11.5. The van der Waals surface area contributed by atoms with Gasteiger partial charge in [0.2, 0.25) is 0 Å². The molecule has 0 radical (unpaired) electrons. The van der Waals surface area contributed by atoms with Crippen molar-refractivity contribution in [3.05, 3.63) is 107 Å². The summed E-state index contributed by atoms with van der Waals surface area (Å²) in [6, 6.07) is 21.1. The predicted molar refractivity (Wildman–Crippen MR) is 143 cm³/mol. The molecule has 0 saturated carbocycles. The SMILES string of the molecule is COc1ccc(/C=C(\NC(=O)c2ccccc2)C(=O)Nc2ccc(S(=O)(=O)Nc3nccs3)cc2)cc1. The molecule has 4 aromatic rings. The summed E-state index contributed by atoms with van der Waals surface area (Å²) in [7, 11) is -2.28. The second-order valence-electron chi connectivity index (χ2n) is 7.57. The zero-order chi connectivity index (χ0) is 26.3. The van der Waals surface area contributed by atoms with E-state index < -0.39 is 21.8 Å². The molecule has 0 fully saturated rings. The third-order valence-electron chi connectivity index (χ3n) is 5.03. The zero-order valence-corrected chi connectivity index (χ0v) is 21.2. The number of aromatic nitrogens is 1. The molecule has 0 unspecified atom stereocenters. The van der Waals surface area contributed by atoms with Crippen molar-refractivity contribution in [2.24, 2.45) is 0 Å². The largest absolute Gasteiger partial charge is 0.497 e. The highest BCUT2D eigenvalue weighted by Gasteiger charge is 2.18. The van der Waals surface area contributed by atoms with Gasteiger partial charge in [0.15, 0.2) is 5.13 Å². The number of hydrogen-bond donors (Lipinski definition) is 3. The quantitative estimate of drug-likeness (QED) is 0.274. The standard InChI is InChI=1S/C26H22N4O5S2/c1-35-21-11-7-18(8-12-21)17-23(29-24(31)19-5-3-2-4-6-19)25(32)28-20-9-13-22(14-10-20)37(33,34)30-26-27-15-16-36-26/h2-17H,1H3,(H,27,30)(H,28,32)(H,29,31)/b23-17-. The van der Waals surface area contributed by atoms with E-state index in [4.69, 9.17) is 4.74 Å². The Morgan fingerprint density at radius 2 is 1.65 bits per heavy atom. The highest BCUT2D eigenvalue weighted by molar-refractivity contribution is 7.93. The molecule has 37 heavy (non-hydrogen) atoms. The Labute approximate surface area is 217 Å². The molecule has 11 heteroatoms. The van der Waals surface area contributed by atoms with E-state index >= 15 is 0 Å². The van der Waals surface area contributed by atoms with E-state index in [1.54, 1.807) is 67.1 Å². The van der Waals surface area contributed by atoms with Crippen molar-refractivity contribution < 1.29 is 22.7 Å². The molecule has 4 rings (SSSR count). The summed E-state index contributed by atoms with van der Waals surface area (Å²) in [5, 5.41) is 7.26. The third-order valence-corrected chi connectivity index (χ3v) is 7.20. The fourth-order valence-corrected chi connectivity index (χ4v) is 4.96. The Morgan fingerprint density at radius 1 is 0.946 bits per heavy atom. The van der Waals surface area contributed by atoms with Crippen LogP contribution in [0.1, 0.15) is 15.9 Å². The van der Waals surface area contributed by atoms with Gasteiger partial charge in [-0.25, -0.2) is 13.4 Å². The van der Waals surface area contributed by atoms with E-state index in [2.05, 4.69) is 20.3 Å². The number of rotatable bonds is 9. The number of sulfonamides is 1. The van der Waals surface area contributed by atoms with Crippen LogP contribution < -0.4 is 20.1 Å². The summed E-state index contributed by atoms with van der Waals surface area (Å²) in [5.41, 5.74) is 1.39. The van der Waals surface area contributed by atoms with Gasteiger partial charge in [-0.3, -0.25) is 14.3 Å². The highest BCUT2D eigenvalue weighted by Crippen LogP contribution is 2.20. The van der Waals surface area contributed by atoms with Crippen LogP contribution in [0.5, 0.6) is 5.75 Å². The first-order valence-corrected chi connectivity index (χ1v) is 13.3. The first-order valence-electron chi connectivity index (χ1n) is 10.9. The van der Waals surface area contributed by atoms with E-state index in [0.717, 1.165) is 11.3 Å². The van der Waals surface area contributed by atoms with Gasteiger partial charge in [-0.15, -0.1) is 11.3 Å². The maximum absolute atomic E-state index is 13.1. The summed E-state index contributed by atoms with van der Waals surface area (Å²) in [6.45, 7) is 0. The lowest BCUT2D eigenvalue weighted by molar-refractivity contribution is -0.113. The summed E-state index contributed by atoms with van der Waals surface area (Å²) in [6.07, 6.45) is 3.03. The number of amides is 2. The number of hydrogen-bond acceptors (Lipinski definition) is 7. The number of benzene rings is 3. The average Bonchev–Trinajstić information content (AvgIpc) is 3.42. The fraction of sp³-hybridized carbons (Fsp3) is 0.0385. The smallest absolute Gasteiger partial charge is 0.272 e. The minimum atomic E-state index is -3.83. The number of ether oxygens (including phenoxy) is 1. The molecule has 3 N–H and O–H groups in total. The van der Waals surface area contributed by atoms with Crippen LogP contribution >= 0.6 is 11.3 Å². The summed E-state index contributed by atoms with van der Waals surface area (Å²) < 4.78 is 32.7. The first kappa shape index (κ1) is 25.6. The van der Waals surface area contributed by atoms with Gasteiger partial charge in [0.1, 0.15) is 11.4 Å². The number of thiazole rings is 1. The summed E-state index contributed by atoms with van der Waals surface area (Å²) in [5.74, 6) is -0.391. The summed E-state index contributed by atoms with van der Waals surface area (Å²) in [4.78, 5) is 29.8. The molecule has 0 aliphatic rings. The Bertz CT molecular complexity index is 1500. The molecule has 0 aliphatic heterocycles. The normalized spacial score (nSPS) is 11.4. The molecule has 0 spiro atoms. The number of nitrogens with zero attached hydrogens (tertiary/aromatic N) is 1. The van der Waals surface area contributed by atoms with Gasteiger partial charge in [-0.1, -0.05) is 30.3 Å². The Kier molecular flexibility index (Phi) is 7.96.